The average molecular weight is 288 g/mol. The van der Waals surface area contributed by atoms with E-state index in [2.05, 4.69) is 11.4 Å². The van der Waals surface area contributed by atoms with Gasteiger partial charge in [0.05, 0.1) is 0 Å². The van der Waals surface area contributed by atoms with Crippen molar-refractivity contribution in [2.45, 2.75) is 57.0 Å². The molecule has 1 unspecified atom stereocenters. The fourth-order valence-corrected chi connectivity index (χ4v) is 3.45. The maximum atomic E-state index is 12.0. The minimum absolute atomic E-state index is 0.0122. The molecule has 0 radical (unpaired) electrons. The molecule has 2 aliphatic rings. The molecule has 114 valence electrons. The topological polar surface area (TPSA) is 64.3 Å². The van der Waals surface area contributed by atoms with E-state index in [0.717, 1.165) is 31.4 Å². The zero-order valence-corrected chi connectivity index (χ0v) is 12.4. The van der Waals surface area contributed by atoms with E-state index in [0.29, 0.717) is 6.04 Å². The Morgan fingerprint density at radius 1 is 1.24 bits per heavy atom. The molecule has 3 rings (SSSR count). The highest BCUT2D eigenvalue weighted by Gasteiger charge is 2.22. The first kappa shape index (κ1) is 14.4. The molecule has 0 spiro atoms. The number of carbonyl (C=O) groups is 1. The van der Waals surface area contributed by atoms with Crippen LogP contribution in [0.1, 0.15) is 55.7 Å². The number of nitrogens with two attached hydrogens (primary N) is 1. The number of amides is 1. The highest BCUT2D eigenvalue weighted by Crippen LogP contribution is 2.35. The summed E-state index contributed by atoms with van der Waals surface area (Å²) in [4.78, 5) is 12.0. The number of benzene rings is 1. The molecule has 1 amide bonds. The van der Waals surface area contributed by atoms with Crippen LogP contribution in [-0.2, 0) is 11.2 Å². The van der Waals surface area contributed by atoms with Gasteiger partial charge >= 0.3 is 0 Å². The van der Waals surface area contributed by atoms with Crippen LogP contribution in [0.25, 0.3) is 0 Å². The van der Waals surface area contributed by atoms with Crippen LogP contribution in [0.4, 0.5) is 0 Å². The fourth-order valence-electron chi connectivity index (χ4n) is 3.45. The first-order valence-corrected chi connectivity index (χ1v) is 8.03. The second-order valence-electron chi connectivity index (χ2n) is 6.16. The third-order valence-corrected chi connectivity index (χ3v) is 4.60. The predicted octanol–water partition coefficient (Wildman–Crippen LogP) is 2.46. The van der Waals surface area contributed by atoms with Crippen molar-refractivity contribution in [2.24, 2.45) is 5.73 Å². The molecule has 0 aliphatic heterocycles. The van der Waals surface area contributed by atoms with E-state index < -0.39 is 0 Å². The van der Waals surface area contributed by atoms with Crippen molar-refractivity contribution >= 4 is 5.91 Å². The molecule has 0 bridgehead atoms. The van der Waals surface area contributed by atoms with Gasteiger partial charge in [0, 0.05) is 12.1 Å². The van der Waals surface area contributed by atoms with E-state index in [1.165, 1.54) is 30.4 Å². The van der Waals surface area contributed by atoms with E-state index >= 15 is 0 Å². The number of rotatable bonds is 4. The van der Waals surface area contributed by atoms with Crippen LogP contribution in [0.5, 0.6) is 5.75 Å². The van der Waals surface area contributed by atoms with Crippen molar-refractivity contribution in [3.63, 3.8) is 0 Å². The van der Waals surface area contributed by atoms with Gasteiger partial charge in [0.15, 0.2) is 6.61 Å². The van der Waals surface area contributed by atoms with Crippen LogP contribution in [0, 0.1) is 0 Å². The SMILES string of the molecule is NC1CCc2c(OCC(=O)NC3CCCCC3)cccc21. The molecule has 1 aromatic carbocycles. The Kier molecular flexibility index (Phi) is 4.44. The molecule has 1 atom stereocenters. The predicted molar refractivity (Wildman–Crippen MR) is 82.2 cm³/mol. The van der Waals surface area contributed by atoms with E-state index in [9.17, 15) is 4.79 Å². The second kappa shape index (κ2) is 6.48. The summed E-state index contributed by atoms with van der Waals surface area (Å²) in [5.41, 5.74) is 8.40. The normalized spacial score (nSPS) is 21.9. The van der Waals surface area contributed by atoms with Gasteiger partial charge in [0.25, 0.3) is 5.91 Å². The summed E-state index contributed by atoms with van der Waals surface area (Å²) in [6.07, 6.45) is 7.83. The van der Waals surface area contributed by atoms with Crippen LogP contribution in [0.15, 0.2) is 18.2 Å². The van der Waals surface area contributed by atoms with Crippen LogP contribution in [-0.4, -0.2) is 18.6 Å². The zero-order chi connectivity index (χ0) is 14.7. The quantitative estimate of drug-likeness (QED) is 0.894. The van der Waals surface area contributed by atoms with Crippen LogP contribution < -0.4 is 15.8 Å². The molecule has 0 heterocycles. The minimum Gasteiger partial charge on any atom is -0.483 e. The largest absolute Gasteiger partial charge is 0.483 e. The number of ether oxygens (including phenoxy) is 1. The molecule has 0 aromatic heterocycles. The summed E-state index contributed by atoms with van der Waals surface area (Å²) in [7, 11) is 0. The number of fused-ring (bicyclic) bond motifs is 1. The Morgan fingerprint density at radius 2 is 2.05 bits per heavy atom. The zero-order valence-electron chi connectivity index (χ0n) is 12.4. The smallest absolute Gasteiger partial charge is 0.258 e. The molecule has 0 saturated heterocycles. The average Bonchev–Trinajstić information content (AvgIpc) is 2.88. The Labute approximate surface area is 126 Å². The molecule has 2 aliphatic carbocycles. The Morgan fingerprint density at radius 3 is 2.86 bits per heavy atom. The summed E-state index contributed by atoms with van der Waals surface area (Å²) >= 11 is 0. The summed E-state index contributed by atoms with van der Waals surface area (Å²) in [5.74, 6) is 0.807. The van der Waals surface area contributed by atoms with Crippen molar-refractivity contribution in [3.05, 3.63) is 29.3 Å². The highest BCUT2D eigenvalue weighted by atomic mass is 16.5. The van der Waals surface area contributed by atoms with Crippen molar-refractivity contribution < 1.29 is 9.53 Å². The molecule has 3 N–H and O–H groups in total. The number of hydrogen-bond donors (Lipinski definition) is 2. The molecule has 1 fully saturated rings. The van der Waals surface area contributed by atoms with E-state index in [4.69, 9.17) is 10.5 Å². The van der Waals surface area contributed by atoms with Crippen molar-refractivity contribution in [2.75, 3.05) is 6.61 Å². The molecular formula is C17H24N2O2. The number of hydrogen-bond acceptors (Lipinski definition) is 3. The van der Waals surface area contributed by atoms with E-state index in [1.54, 1.807) is 0 Å². The third-order valence-electron chi connectivity index (χ3n) is 4.60. The molecule has 1 saturated carbocycles. The maximum absolute atomic E-state index is 12.0. The van der Waals surface area contributed by atoms with Gasteiger partial charge in [-0.25, -0.2) is 0 Å². The molecular weight excluding hydrogens is 264 g/mol. The Bertz CT molecular complexity index is 510. The maximum Gasteiger partial charge on any atom is 0.258 e. The van der Waals surface area contributed by atoms with Crippen LogP contribution in [0.3, 0.4) is 0 Å². The van der Waals surface area contributed by atoms with Crippen LogP contribution in [0.2, 0.25) is 0 Å². The lowest BCUT2D eigenvalue weighted by molar-refractivity contribution is -0.124. The van der Waals surface area contributed by atoms with Gasteiger partial charge < -0.3 is 15.8 Å². The summed E-state index contributed by atoms with van der Waals surface area (Å²) < 4.78 is 5.73. The monoisotopic (exact) mass is 288 g/mol. The summed E-state index contributed by atoms with van der Waals surface area (Å²) in [5, 5.41) is 3.08. The fraction of sp³-hybridized carbons (Fsp3) is 0.588. The first-order valence-electron chi connectivity index (χ1n) is 8.03. The van der Waals surface area contributed by atoms with Gasteiger partial charge in [-0.1, -0.05) is 31.4 Å². The van der Waals surface area contributed by atoms with Gasteiger partial charge in [-0.05, 0) is 42.9 Å². The minimum atomic E-state index is -0.0122. The number of nitrogens with one attached hydrogen (secondary N) is 1. The first-order chi connectivity index (χ1) is 10.2. The van der Waals surface area contributed by atoms with Crippen LogP contribution >= 0.6 is 0 Å². The second-order valence-corrected chi connectivity index (χ2v) is 6.16. The molecule has 4 heteroatoms. The Balaban J connectivity index is 1.54. The van der Waals surface area contributed by atoms with Gasteiger partial charge in [-0.3, -0.25) is 4.79 Å². The van der Waals surface area contributed by atoms with E-state index in [1.807, 2.05) is 12.1 Å². The standard InChI is InChI=1S/C17H24N2O2/c18-15-10-9-14-13(15)7-4-8-16(14)21-11-17(20)19-12-5-2-1-3-6-12/h4,7-8,12,15H,1-3,5-6,9-11,18H2,(H,19,20). The lowest BCUT2D eigenvalue weighted by atomic mass is 9.95. The highest BCUT2D eigenvalue weighted by molar-refractivity contribution is 5.77. The summed E-state index contributed by atoms with van der Waals surface area (Å²) in [6, 6.07) is 6.40. The lowest BCUT2D eigenvalue weighted by Crippen LogP contribution is -2.39. The lowest BCUT2D eigenvalue weighted by Gasteiger charge is -2.22. The Hall–Kier alpha value is -1.55. The van der Waals surface area contributed by atoms with Crippen molar-refractivity contribution in [1.82, 2.24) is 5.32 Å². The number of carbonyl (C=O) groups excluding carboxylic acids is 1. The van der Waals surface area contributed by atoms with Gasteiger partial charge in [0.1, 0.15) is 5.75 Å². The van der Waals surface area contributed by atoms with E-state index in [-0.39, 0.29) is 18.6 Å². The van der Waals surface area contributed by atoms with Gasteiger partial charge in [-0.15, -0.1) is 0 Å². The molecule has 21 heavy (non-hydrogen) atoms. The van der Waals surface area contributed by atoms with Crippen molar-refractivity contribution in [3.8, 4) is 5.75 Å². The van der Waals surface area contributed by atoms with Crippen molar-refractivity contribution in [1.29, 1.82) is 0 Å². The molecule has 1 aromatic rings. The summed E-state index contributed by atoms with van der Waals surface area (Å²) in [6.45, 7) is 0.0994. The third kappa shape index (κ3) is 3.38. The molecule has 4 nitrogen and oxygen atoms in total. The van der Waals surface area contributed by atoms with Gasteiger partial charge in [0.2, 0.25) is 0 Å². The van der Waals surface area contributed by atoms with Gasteiger partial charge in [-0.2, -0.15) is 0 Å².